The standard InChI is InChI=1S/C35H24O/c1-35(2)30-20-23(14-15-25(30)29-18-21-8-3-4-9-22(21)19-31(29)35)24-16-17-33-34-27(24)11-7-12-28(34)26-10-5-6-13-32(26)36-33/h3-20H,1-2H3. The highest BCUT2D eigenvalue weighted by Crippen LogP contribution is 2.52. The van der Waals surface area contributed by atoms with Crippen molar-refractivity contribution in [2.45, 2.75) is 19.3 Å². The summed E-state index contributed by atoms with van der Waals surface area (Å²) in [5.74, 6) is 1.86. The summed E-state index contributed by atoms with van der Waals surface area (Å²) in [4.78, 5) is 0. The Hall–Kier alpha value is -4.36. The first-order valence-corrected chi connectivity index (χ1v) is 12.6. The molecule has 0 amide bonds. The fourth-order valence-electron chi connectivity index (χ4n) is 6.42. The lowest BCUT2D eigenvalue weighted by Crippen LogP contribution is -2.15. The summed E-state index contributed by atoms with van der Waals surface area (Å²) in [5.41, 5.74) is 10.4. The quantitative estimate of drug-likeness (QED) is 0.237. The first-order valence-electron chi connectivity index (χ1n) is 12.6. The van der Waals surface area contributed by atoms with Crippen molar-refractivity contribution in [3.8, 4) is 44.9 Å². The van der Waals surface area contributed by atoms with E-state index in [9.17, 15) is 0 Å². The zero-order valence-electron chi connectivity index (χ0n) is 20.3. The number of ether oxygens (including phenoxy) is 1. The Labute approximate surface area is 210 Å². The van der Waals surface area contributed by atoms with Gasteiger partial charge in [-0.15, -0.1) is 0 Å². The molecule has 0 N–H and O–H groups in total. The minimum atomic E-state index is -0.0564. The van der Waals surface area contributed by atoms with Gasteiger partial charge in [0.25, 0.3) is 0 Å². The molecule has 0 saturated heterocycles. The molecule has 0 fully saturated rings. The molecule has 36 heavy (non-hydrogen) atoms. The Kier molecular flexibility index (Phi) is 3.79. The van der Waals surface area contributed by atoms with E-state index in [1.807, 2.05) is 6.07 Å². The van der Waals surface area contributed by atoms with E-state index in [4.69, 9.17) is 4.74 Å². The summed E-state index contributed by atoms with van der Waals surface area (Å²) in [6.45, 7) is 4.72. The highest BCUT2D eigenvalue weighted by Gasteiger charge is 2.36. The average Bonchev–Trinajstić information content (AvgIpc) is 3.13. The highest BCUT2D eigenvalue weighted by molar-refractivity contribution is 6.10. The van der Waals surface area contributed by atoms with Gasteiger partial charge in [-0.05, 0) is 85.4 Å². The number of hydrogen-bond donors (Lipinski definition) is 0. The van der Waals surface area contributed by atoms with Crippen LogP contribution in [0, 0.1) is 0 Å². The predicted molar refractivity (Wildman–Crippen MR) is 150 cm³/mol. The van der Waals surface area contributed by atoms with Crippen molar-refractivity contribution in [2.75, 3.05) is 0 Å². The van der Waals surface area contributed by atoms with Gasteiger partial charge in [-0.3, -0.25) is 0 Å². The molecule has 0 spiro atoms. The Morgan fingerprint density at radius 1 is 0.500 bits per heavy atom. The molecule has 0 radical (unpaired) electrons. The summed E-state index contributed by atoms with van der Waals surface area (Å²) in [7, 11) is 0. The molecule has 1 heteroatoms. The normalized spacial score (nSPS) is 14.3. The van der Waals surface area contributed by atoms with Gasteiger partial charge in [0.1, 0.15) is 11.5 Å². The van der Waals surface area contributed by atoms with Crippen molar-refractivity contribution in [1.29, 1.82) is 0 Å². The van der Waals surface area contributed by atoms with Crippen LogP contribution in [-0.4, -0.2) is 0 Å². The van der Waals surface area contributed by atoms with Gasteiger partial charge >= 0.3 is 0 Å². The number of benzene rings is 6. The smallest absolute Gasteiger partial charge is 0.135 e. The Bertz CT molecular complexity index is 1890. The van der Waals surface area contributed by atoms with E-state index in [-0.39, 0.29) is 5.41 Å². The summed E-state index contributed by atoms with van der Waals surface area (Å²) in [6, 6.07) is 39.8. The second-order valence-electron chi connectivity index (χ2n) is 10.6. The third-order valence-corrected chi connectivity index (χ3v) is 8.25. The van der Waals surface area contributed by atoms with Crippen molar-refractivity contribution >= 4 is 21.5 Å². The molecular weight excluding hydrogens is 436 g/mol. The second-order valence-corrected chi connectivity index (χ2v) is 10.6. The van der Waals surface area contributed by atoms with Crippen LogP contribution < -0.4 is 4.74 Å². The SMILES string of the molecule is CC1(C)c2cc(-c3ccc4c5c(cccc35)-c3ccccc3O4)ccc2-c2cc3ccccc3cc21. The summed E-state index contributed by atoms with van der Waals surface area (Å²) in [5, 5.41) is 5.04. The highest BCUT2D eigenvalue weighted by atomic mass is 16.5. The van der Waals surface area contributed by atoms with E-state index in [1.165, 1.54) is 60.5 Å². The third kappa shape index (κ3) is 2.55. The zero-order chi connectivity index (χ0) is 24.0. The topological polar surface area (TPSA) is 9.23 Å². The minimum absolute atomic E-state index is 0.0564. The molecule has 1 aliphatic carbocycles. The fraction of sp³-hybridized carbons (Fsp3) is 0.0857. The van der Waals surface area contributed by atoms with E-state index in [0.29, 0.717) is 0 Å². The van der Waals surface area contributed by atoms with Crippen LogP contribution in [0.4, 0.5) is 0 Å². The lowest BCUT2D eigenvalue weighted by atomic mass is 9.81. The first kappa shape index (κ1) is 19.9. The Morgan fingerprint density at radius 2 is 1.22 bits per heavy atom. The lowest BCUT2D eigenvalue weighted by Gasteiger charge is -2.24. The minimum Gasteiger partial charge on any atom is -0.456 e. The van der Waals surface area contributed by atoms with Crippen LogP contribution in [0.1, 0.15) is 25.0 Å². The largest absolute Gasteiger partial charge is 0.456 e. The van der Waals surface area contributed by atoms with Gasteiger partial charge < -0.3 is 4.74 Å². The van der Waals surface area contributed by atoms with Crippen molar-refractivity contribution in [2.24, 2.45) is 0 Å². The van der Waals surface area contributed by atoms with Crippen molar-refractivity contribution in [3.05, 3.63) is 120 Å². The fourth-order valence-corrected chi connectivity index (χ4v) is 6.42. The molecule has 1 heterocycles. The van der Waals surface area contributed by atoms with E-state index < -0.39 is 0 Å². The van der Waals surface area contributed by atoms with Crippen LogP contribution in [-0.2, 0) is 5.41 Å². The molecule has 8 rings (SSSR count). The van der Waals surface area contributed by atoms with Crippen molar-refractivity contribution in [1.82, 2.24) is 0 Å². The summed E-state index contributed by atoms with van der Waals surface area (Å²) in [6.07, 6.45) is 0. The molecule has 170 valence electrons. The van der Waals surface area contributed by atoms with Crippen LogP contribution >= 0.6 is 0 Å². The Morgan fingerprint density at radius 3 is 2.11 bits per heavy atom. The van der Waals surface area contributed by atoms with Gasteiger partial charge in [-0.2, -0.15) is 0 Å². The molecule has 1 nitrogen and oxygen atoms in total. The van der Waals surface area contributed by atoms with E-state index >= 15 is 0 Å². The molecule has 6 aromatic rings. The number of hydrogen-bond acceptors (Lipinski definition) is 1. The third-order valence-electron chi connectivity index (χ3n) is 8.25. The maximum Gasteiger partial charge on any atom is 0.135 e. The van der Waals surface area contributed by atoms with Gasteiger partial charge in [0.15, 0.2) is 0 Å². The molecule has 1 aliphatic heterocycles. The maximum absolute atomic E-state index is 6.33. The van der Waals surface area contributed by atoms with Crippen LogP contribution in [0.5, 0.6) is 11.5 Å². The van der Waals surface area contributed by atoms with Crippen LogP contribution in [0.3, 0.4) is 0 Å². The van der Waals surface area contributed by atoms with Gasteiger partial charge in [-0.25, -0.2) is 0 Å². The van der Waals surface area contributed by atoms with Gasteiger partial charge in [-0.1, -0.05) is 92.7 Å². The molecule has 0 unspecified atom stereocenters. The van der Waals surface area contributed by atoms with E-state index in [2.05, 4.69) is 117 Å². The first-order chi connectivity index (χ1) is 17.6. The van der Waals surface area contributed by atoms with Gasteiger partial charge in [0.05, 0.1) is 0 Å². The Balaban J connectivity index is 1.34. The van der Waals surface area contributed by atoms with E-state index in [0.717, 1.165) is 17.1 Å². The van der Waals surface area contributed by atoms with Crippen LogP contribution in [0.2, 0.25) is 0 Å². The predicted octanol–water partition coefficient (Wildman–Crippen LogP) is 9.74. The molecule has 2 aliphatic rings. The molecule has 0 aromatic heterocycles. The number of para-hydroxylation sites is 1. The van der Waals surface area contributed by atoms with E-state index in [1.54, 1.807) is 0 Å². The number of fused-ring (bicyclic) bond motifs is 6. The average molecular weight is 461 g/mol. The lowest BCUT2D eigenvalue weighted by molar-refractivity contribution is 0.487. The zero-order valence-corrected chi connectivity index (χ0v) is 20.3. The molecule has 0 saturated carbocycles. The molecule has 0 atom stereocenters. The summed E-state index contributed by atoms with van der Waals surface area (Å²) < 4.78 is 6.33. The van der Waals surface area contributed by atoms with Gasteiger partial charge in [0.2, 0.25) is 0 Å². The number of rotatable bonds is 1. The molecule has 0 bridgehead atoms. The van der Waals surface area contributed by atoms with Crippen LogP contribution in [0.15, 0.2) is 109 Å². The van der Waals surface area contributed by atoms with Gasteiger partial charge in [0, 0.05) is 16.4 Å². The molecular formula is C35H24O. The van der Waals surface area contributed by atoms with Crippen molar-refractivity contribution in [3.63, 3.8) is 0 Å². The maximum atomic E-state index is 6.33. The monoisotopic (exact) mass is 460 g/mol. The van der Waals surface area contributed by atoms with Crippen molar-refractivity contribution < 1.29 is 4.74 Å². The van der Waals surface area contributed by atoms with Crippen LogP contribution in [0.25, 0.3) is 54.9 Å². The second kappa shape index (κ2) is 6.86. The summed E-state index contributed by atoms with van der Waals surface area (Å²) >= 11 is 0. The molecule has 6 aromatic carbocycles.